The summed E-state index contributed by atoms with van der Waals surface area (Å²) in [6.45, 7) is 7.04. The number of nitrogens with one attached hydrogen (secondary N) is 1. The molecule has 1 rings (SSSR count). The lowest BCUT2D eigenvalue weighted by Crippen LogP contribution is -2.46. The second-order valence-corrected chi connectivity index (χ2v) is 5.30. The molecule has 1 aromatic rings. The van der Waals surface area contributed by atoms with E-state index in [-0.39, 0.29) is 5.91 Å². The number of pyridine rings is 1. The molecule has 1 amide bonds. The van der Waals surface area contributed by atoms with Gasteiger partial charge in [-0.1, -0.05) is 6.07 Å². The average Bonchev–Trinajstić information content (AvgIpc) is 2.26. The van der Waals surface area contributed by atoms with Gasteiger partial charge in [-0.15, -0.1) is 0 Å². The minimum Gasteiger partial charge on any atom is -0.299 e. The van der Waals surface area contributed by atoms with E-state index in [1.807, 2.05) is 46.0 Å². The Labute approximate surface area is 108 Å². The molecule has 0 bridgehead atoms. The third kappa shape index (κ3) is 4.09. The van der Waals surface area contributed by atoms with Gasteiger partial charge in [-0.25, -0.2) is 5.84 Å². The molecular formula is C13H22N4O. The van der Waals surface area contributed by atoms with Crippen LogP contribution in [-0.4, -0.2) is 29.4 Å². The summed E-state index contributed by atoms with van der Waals surface area (Å²) in [6.07, 6.45) is 0. The van der Waals surface area contributed by atoms with Crippen molar-refractivity contribution in [2.75, 3.05) is 13.6 Å². The van der Waals surface area contributed by atoms with Crippen LogP contribution in [0.5, 0.6) is 0 Å². The lowest BCUT2D eigenvalue weighted by Gasteiger charge is -2.28. The van der Waals surface area contributed by atoms with Crippen LogP contribution in [0, 0.1) is 12.3 Å². The number of nitrogens with two attached hydrogens (primary N) is 1. The number of carbonyl (C=O) groups excluding carboxylic acids is 1. The van der Waals surface area contributed by atoms with Gasteiger partial charge in [0.05, 0.1) is 11.1 Å². The Bertz CT molecular complexity index is 417. The van der Waals surface area contributed by atoms with E-state index < -0.39 is 5.41 Å². The molecule has 5 nitrogen and oxygen atoms in total. The highest BCUT2D eigenvalue weighted by molar-refractivity contribution is 5.81. The molecule has 0 radical (unpaired) electrons. The molecule has 18 heavy (non-hydrogen) atoms. The van der Waals surface area contributed by atoms with E-state index in [9.17, 15) is 4.79 Å². The zero-order valence-corrected chi connectivity index (χ0v) is 11.5. The first-order valence-electron chi connectivity index (χ1n) is 5.97. The van der Waals surface area contributed by atoms with E-state index >= 15 is 0 Å². The molecule has 0 aromatic carbocycles. The van der Waals surface area contributed by atoms with Crippen LogP contribution in [0.3, 0.4) is 0 Å². The molecule has 0 saturated heterocycles. The van der Waals surface area contributed by atoms with Crippen molar-refractivity contribution >= 4 is 5.91 Å². The Balaban J connectivity index is 2.61. The highest BCUT2D eigenvalue weighted by atomic mass is 16.2. The standard InChI is InChI=1S/C13H22N4O/c1-10-6-5-7-11(15-10)8-17(4)9-13(2,3)12(18)16-14/h5-7H,8-9,14H2,1-4H3,(H,16,18). The molecule has 0 saturated carbocycles. The minimum atomic E-state index is -0.521. The van der Waals surface area contributed by atoms with Crippen molar-refractivity contribution in [2.24, 2.45) is 11.3 Å². The number of hydrogen-bond acceptors (Lipinski definition) is 4. The van der Waals surface area contributed by atoms with Gasteiger partial charge in [0.1, 0.15) is 0 Å². The first-order chi connectivity index (χ1) is 8.35. The van der Waals surface area contributed by atoms with Gasteiger partial charge >= 0.3 is 0 Å². The van der Waals surface area contributed by atoms with Gasteiger partial charge in [-0.2, -0.15) is 0 Å². The molecule has 1 heterocycles. The average molecular weight is 250 g/mol. The van der Waals surface area contributed by atoms with Crippen molar-refractivity contribution < 1.29 is 4.79 Å². The molecule has 5 heteroatoms. The first kappa shape index (κ1) is 14.6. The fraction of sp³-hybridized carbons (Fsp3) is 0.538. The Morgan fingerprint density at radius 1 is 1.50 bits per heavy atom. The molecule has 0 atom stereocenters. The van der Waals surface area contributed by atoms with E-state index in [2.05, 4.69) is 15.3 Å². The number of hydrogen-bond donors (Lipinski definition) is 2. The number of amides is 1. The SMILES string of the molecule is Cc1cccc(CN(C)CC(C)(C)C(=O)NN)n1. The summed E-state index contributed by atoms with van der Waals surface area (Å²) in [6, 6.07) is 5.94. The summed E-state index contributed by atoms with van der Waals surface area (Å²) in [5.74, 6) is 5.02. The number of aryl methyl sites for hydroxylation is 1. The number of hydrazine groups is 1. The third-order valence-corrected chi connectivity index (χ3v) is 2.79. The lowest BCUT2D eigenvalue weighted by atomic mass is 9.92. The third-order valence-electron chi connectivity index (χ3n) is 2.79. The normalized spacial score (nSPS) is 11.7. The number of aromatic nitrogens is 1. The van der Waals surface area contributed by atoms with Crippen molar-refractivity contribution in [1.29, 1.82) is 0 Å². The summed E-state index contributed by atoms with van der Waals surface area (Å²) in [5, 5.41) is 0. The van der Waals surface area contributed by atoms with Crippen LogP contribution in [-0.2, 0) is 11.3 Å². The van der Waals surface area contributed by atoms with Crippen LogP contribution in [0.4, 0.5) is 0 Å². The van der Waals surface area contributed by atoms with Gasteiger partial charge in [-0.3, -0.25) is 20.1 Å². The van der Waals surface area contributed by atoms with Gasteiger partial charge in [-0.05, 0) is 40.0 Å². The Kier molecular flexibility index (Phi) is 4.81. The maximum absolute atomic E-state index is 11.6. The Morgan fingerprint density at radius 2 is 2.17 bits per heavy atom. The van der Waals surface area contributed by atoms with Gasteiger partial charge in [0.2, 0.25) is 5.91 Å². The lowest BCUT2D eigenvalue weighted by molar-refractivity contribution is -0.130. The van der Waals surface area contributed by atoms with Crippen molar-refractivity contribution in [3.05, 3.63) is 29.6 Å². The van der Waals surface area contributed by atoms with E-state index in [1.54, 1.807) is 0 Å². The number of rotatable bonds is 5. The summed E-state index contributed by atoms with van der Waals surface area (Å²) in [7, 11) is 1.97. The quantitative estimate of drug-likeness (QED) is 0.461. The predicted molar refractivity (Wildman–Crippen MR) is 71.4 cm³/mol. The Morgan fingerprint density at radius 3 is 2.72 bits per heavy atom. The van der Waals surface area contributed by atoms with Crippen LogP contribution in [0.2, 0.25) is 0 Å². The van der Waals surface area contributed by atoms with E-state index in [0.717, 1.165) is 11.4 Å². The monoisotopic (exact) mass is 250 g/mol. The first-order valence-corrected chi connectivity index (χ1v) is 5.97. The summed E-state index contributed by atoms with van der Waals surface area (Å²) >= 11 is 0. The molecule has 0 aliphatic carbocycles. The topological polar surface area (TPSA) is 71.2 Å². The molecule has 0 spiro atoms. The molecule has 1 aromatic heterocycles. The highest BCUT2D eigenvalue weighted by Crippen LogP contribution is 2.17. The molecule has 0 aliphatic rings. The molecular weight excluding hydrogens is 228 g/mol. The van der Waals surface area contributed by atoms with Crippen LogP contribution in [0.1, 0.15) is 25.2 Å². The number of carbonyl (C=O) groups is 1. The van der Waals surface area contributed by atoms with E-state index in [0.29, 0.717) is 13.1 Å². The van der Waals surface area contributed by atoms with Crippen molar-refractivity contribution in [3.63, 3.8) is 0 Å². The fourth-order valence-corrected chi connectivity index (χ4v) is 1.96. The summed E-state index contributed by atoms with van der Waals surface area (Å²) in [5.41, 5.74) is 3.68. The Hall–Kier alpha value is -1.46. The largest absolute Gasteiger partial charge is 0.299 e. The van der Waals surface area contributed by atoms with Gasteiger partial charge < -0.3 is 0 Å². The number of nitrogens with zero attached hydrogens (tertiary/aromatic N) is 2. The molecule has 0 aliphatic heterocycles. The van der Waals surface area contributed by atoms with E-state index in [4.69, 9.17) is 5.84 Å². The zero-order valence-electron chi connectivity index (χ0n) is 11.5. The molecule has 100 valence electrons. The predicted octanol–water partition coefficient (Wildman–Crippen LogP) is 0.838. The van der Waals surface area contributed by atoms with Gasteiger partial charge in [0.15, 0.2) is 0 Å². The molecule has 3 N–H and O–H groups in total. The maximum Gasteiger partial charge on any atom is 0.240 e. The van der Waals surface area contributed by atoms with Gasteiger partial charge in [0.25, 0.3) is 0 Å². The van der Waals surface area contributed by atoms with E-state index in [1.165, 1.54) is 0 Å². The van der Waals surface area contributed by atoms with Crippen molar-refractivity contribution in [1.82, 2.24) is 15.3 Å². The smallest absolute Gasteiger partial charge is 0.240 e. The van der Waals surface area contributed by atoms with Crippen molar-refractivity contribution in [2.45, 2.75) is 27.3 Å². The second-order valence-electron chi connectivity index (χ2n) is 5.30. The second kappa shape index (κ2) is 5.93. The summed E-state index contributed by atoms with van der Waals surface area (Å²) in [4.78, 5) is 18.1. The van der Waals surface area contributed by atoms with Crippen LogP contribution < -0.4 is 11.3 Å². The fourth-order valence-electron chi connectivity index (χ4n) is 1.96. The highest BCUT2D eigenvalue weighted by Gasteiger charge is 2.28. The van der Waals surface area contributed by atoms with Crippen molar-refractivity contribution in [3.8, 4) is 0 Å². The van der Waals surface area contributed by atoms with Crippen LogP contribution in [0.15, 0.2) is 18.2 Å². The molecule has 0 unspecified atom stereocenters. The van der Waals surface area contributed by atoms with Gasteiger partial charge in [0, 0.05) is 18.8 Å². The maximum atomic E-state index is 11.6. The summed E-state index contributed by atoms with van der Waals surface area (Å²) < 4.78 is 0. The zero-order chi connectivity index (χ0) is 13.8. The minimum absolute atomic E-state index is 0.161. The van der Waals surface area contributed by atoms with Crippen LogP contribution in [0.25, 0.3) is 0 Å². The molecule has 0 fully saturated rings. The van der Waals surface area contributed by atoms with Crippen LogP contribution >= 0.6 is 0 Å².